The number of aliphatic hydroxyl groups is 1. The molecule has 0 bridgehead atoms. The van der Waals surface area contributed by atoms with Crippen molar-refractivity contribution in [3.63, 3.8) is 0 Å². The van der Waals surface area contributed by atoms with Gasteiger partial charge < -0.3 is 9.84 Å². The molecule has 3 nitrogen and oxygen atoms in total. The Morgan fingerprint density at radius 3 is 2.44 bits per heavy atom. The van der Waals surface area contributed by atoms with E-state index in [1.807, 2.05) is 45.0 Å². The SMILES string of the molecule is Cc1sc(CO)nc1-c1ccc(OC(C)C)cc1. The molecule has 1 aromatic carbocycles. The Morgan fingerprint density at radius 1 is 1.28 bits per heavy atom. The Balaban J connectivity index is 2.25. The minimum Gasteiger partial charge on any atom is -0.491 e. The van der Waals surface area contributed by atoms with Crippen LogP contribution in [0.4, 0.5) is 0 Å². The van der Waals surface area contributed by atoms with Crippen LogP contribution < -0.4 is 4.74 Å². The summed E-state index contributed by atoms with van der Waals surface area (Å²) in [5.41, 5.74) is 2.00. The highest BCUT2D eigenvalue weighted by Crippen LogP contribution is 2.28. The zero-order chi connectivity index (χ0) is 13.1. The molecule has 0 amide bonds. The summed E-state index contributed by atoms with van der Waals surface area (Å²) in [6, 6.07) is 7.90. The smallest absolute Gasteiger partial charge is 0.119 e. The van der Waals surface area contributed by atoms with E-state index in [9.17, 15) is 0 Å². The number of benzene rings is 1. The molecule has 1 aromatic heterocycles. The maximum absolute atomic E-state index is 9.09. The standard InChI is InChI=1S/C14H17NO2S/c1-9(2)17-12-6-4-11(5-7-12)14-10(3)18-13(8-16)15-14/h4-7,9,16H,8H2,1-3H3. The summed E-state index contributed by atoms with van der Waals surface area (Å²) in [4.78, 5) is 5.54. The first-order chi connectivity index (χ1) is 8.60. The number of hydrogen-bond acceptors (Lipinski definition) is 4. The van der Waals surface area contributed by atoms with Crippen molar-refractivity contribution in [2.24, 2.45) is 0 Å². The van der Waals surface area contributed by atoms with Crippen LogP contribution in [0.15, 0.2) is 24.3 Å². The molecule has 4 heteroatoms. The first kappa shape index (κ1) is 13.1. The predicted octanol–water partition coefficient (Wildman–Crippen LogP) is 3.40. The Hall–Kier alpha value is -1.39. The lowest BCUT2D eigenvalue weighted by Crippen LogP contribution is -2.05. The Kier molecular flexibility index (Phi) is 3.99. The van der Waals surface area contributed by atoms with Crippen molar-refractivity contribution in [1.29, 1.82) is 0 Å². The highest BCUT2D eigenvalue weighted by molar-refractivity contribution is 7.12. The molecular formula is C14H17NO2S. The van der Waals surface area contributed by atoms with Gasteiger partial charge in [0, 0.05) is 10.4 Å². The fourth-order valence-corrected chi connectivity index (χ4v) is 2.57. The molecule has 18 heavy (non-hydrogen) atoms. The molecule has 0 atom stereocenters. The topological polar surface area (TPSA) is 42.4 Å². The van der Waals surface area contributed by atoms with Crippen LogP contribution in [0, 0.1) is 6.92 Å². The lowest BCUT2D eigenvalue weighted by Gasteiger charge is -2.09. The van der Waals surface area contributed by atoms with E-state index in [1.165, 1.54) is 11.3 Å². The molecule has 0 aliphatic carbocycles. The third kappa shape index (κ3) is 2.89. The average Bonchev–Trinajstić information content (AvgIpc) is 2.71. The van der Waals surface area contributed by atoms with Crippen molar-refractivity contribution in [2.45, 2.75) is 33.5 Å². The maximum Gasteiger partial charge on any atom is 0.119 e. The first-order valence-corrected chi connectivity index (χ1v) is 6.76. The van der Waals surface area contributed by atoms with Gasteiger partial charge in [0.05, 0.1) is 18.4 Å². The van der Waals surface area contributed by atoms with E-state index in [4.69, 9.17) is 9.84 Å². The summed E-state index contributed by atoms with van der Waals surface area (Å²) in [7, 11) is 0. The van der Waals surface area contributed by atoms with Crippen molar-refractivity contribution < 1.29 is 9.84 Å². The summed E-state index contributed by atoms with van der Waals surface area (Å²) in [6.07, 6.45) is 0.179. The molecule has 2 aromatic rings. The van der Waals surface area contributed by atoms with E-state index in [0.29, 0.717) is 0 Å². The number of thiazole rings is 1. The summed E-state index contributed by atoms with van der Waals surface area (Å²) in [5.74, 6) is 0.865. The molecule has 0 unspecified atom stereocenters. The maximum atomic E-state index is 9.09. The molecule has 0 radical (unpaired) electrons. The van der Waals surface area contributed by atoms with Crippen LogP contribution in [0.3, 0.4) is 0 Å². The second kappa shape index (κ2) is 5.50. The van der Waals surface area contributed by atoms with E-state index in [1.54, 1.807) is 0 Å². The lowest BCUT2D eigenvalue weighted by molar-refractivity contribution is 0.242. The molecule has 0 aliphatic rings. The van der Waals surface area contributed by atoms with Crippen molar-refractivity contribution in [3.8, 4) is 17.0 Å². The molecule has 0 spiro atoms. The zero-order valence-corrected chi connectivity index (χ0v) is 11.6. The third-order valence-electron chi connectivity index (χ3n) is 2.48. The Morgan fingerprint density at radius 2 is 1.94 bits per heavy atom. The highest BCUT2D eigenvalue weighted by Gasteiger charge is 2.09. The Bertz CT molecular complexity index is 517. The van der Waals surface area contributed by atoms with Gasteiger partial charge >= 0.3 is 0 Å². The third-order valence-corrected chi connectivity index (χ3v) is 3.43. The molecule has 0 aliphatic heterocycles. The van der Waals surface area contributed by atoms with Gasteiger partial charge in [0.25, 0.3) is 0 Å². The molecule has 0 saturated heterocycles. The van der Waals surface area contributed by atoms with Crippen LogP contribution >= 0.6 is 11.3 Å². The van der Waals surface area contributed by atoms with Crippen LogP contribution in [-0.4, -0.2) is 16.2 Å². The number of aryl methyl sites for hydroxylation is 1. The minimum absolute atomic E-state index is 0.0000504. The van der Waals surface area contributed by atoms with Crippen LogP contribution in [0.2, 0.25) is 0 Å². The number of hydrogen-bond donors (Lipinski definition) is 1. The molecule has 0 fully saturated rings. The van der Waals surface area contributed by atoms with Gasteiger partial charge in [-0.15, -0.1) is 11.3 Å². The summed E-state index contributed by atoms with van der Waals surface area (Å²) in [6.45, 7) is 6.03. The van der Waals surface area contributed by atoms with Crippen molar-refractivity contribution in [3.05, 3.63) is 34.2 Å². The van der Waals surface area contributed by atoms with Gasteiger partial charge in [-0.05, 0) is 45.0 Å². The quantitative estimate of drug-likeness (QED) is 0.919. The van der Waals surface area contributed by atoms with Gasteiger partial charge in [0.2, 0.25) is 0 Å². The van der Waals surface area contributed by atoms with Crippen molar-refractivity contribution in [1.82, 2.24) is 4.98 Å². The largest absolute Gasteiger partial charge is 0.491 e. The average molecular weight is 263 g/mol. The van der Waals surface area contributed by atoms with Crippen LogP contribution in [-0.2, 0) is 6.61 Å². The molecule has 2 rings (SSSR count). The molecule has 1 N–H and O–H groups in total. The van der Waals surface area contributed by atoms with Crippen LogP contribution in [0.25, 0.3) is 11.3 Å². The van der Waals surface area contributed by atoms with Gasteiger partial charge in [-0.25, -0.2) is 4.98 Å². The van der Waals surface area contributed by atoms with Crippen LogP contribution in [0.1, 0.15) is 23.7 Å². The summed E-state index contributed by atoms with van der Waals surface area (Å²) < 4.78 is 5.60. The molecular weight excluding hydrogens is 246 g/mol. The second-order valence-electron chi connectivity index (χ2n) is 4.36. The van der Waals surface area contributed by atoms with Crippen LogP contribution in [0.5, 0.6) is 5.75 Å². The van der Waals surface area contributed by atoms with Crippen molar-refractivity contribution >= 4 is 11.3 Å². The lowest BCUT2D eigenvalue weighted by atomic mass is 10.1. The summed E-state index contributed by atoms with van der Waals surface area (Å²) in [5, 5.41) is 9.85. The molecule has 96 valence electrons. The number of nitrogens with zero attached hydrogens (tertiary/aromatic N) is 1. The van der Waals surface area contributed by atoms with E-state index in [2.05, 4.69) is 4.98 Å². The van der Waals surface area contributed by atoms with Gasteiger partial charge in [0.15, 0.2) is 0 Å². The highest BCUT2D eigenvalue weighted by atomic mass is 32.1. The number of rotatable bonds is 4. The van der Waals surface area contributed by atoms with Gasteiger partial charge in [-0.2, -0.15) is 0 Å². The fourth-order valence-electron chi connectivity index (χ4n) is 1.75. The predicted molar refractivity (Wildman–Crippen MR) is 74.0 cm³/mol. The molecule has 0 saturated carbocycles. The van der Waals surface area contributed by atoms with E-state index >= 15 is 0 Å². The van der Waals surface area contributed by atoms with E-state index in [-0.39, 0.29) is 12.7 Å². The van der Waals surface area contributed by atoms with Gasteiger partial charge in [0.1, 0.15) is 10.8 Å². The zero-order valence-electron chi connectivity index (χ0n) is 10.8. The Labute approximate surface area is 111 Å². The van der Waals surface area contributed by atoms with E-state index in [0.717, 1.165) is 26.9 Å². The summed E-state index contributed by atoms with van der Waals surface area (Å²) >= 11 is 1.53. The normalized spacial score (nSPS) is 10.9. The van der Waals surface area contributed by atoms with E-state index < -0.39 is 0 Å². The minimum atomic E-state index is 0.0000504. The van der Waals surface area contributed by atoms with Crippen molar-refractivity contribution in [2.75, 3.05) is 0 Å². The first-order valence-electron chi connectivity index (χ1n) is 5.94. The van der Waals surface area contributed by atoms with Gasteiger partial charge in [-0.1, -0.05) is 0 Å². The van der Waals surface area contributed by atoms with Gasteiger partial charge in [-0.3, -0.25) is 0 Å². The molecule has 1 heterocycles. The fraction of sp³-hybridized carbons (Fsp3) is 0.357. The number of aliphatic hydroxyl groups excluding tert-OH is 1. The number of aromatic nitrogens is 1. The number of ether oxygens (including phenoxy) is 1. The second-order valence-corrected chi connectivity index (χ2v) is 5.65. The monoisotopic (exact) mass is 263 g/mol.